The third kappa shape index (κ3) is 6.17. The molecule has 0 heterocycles. The van der Waals surface area contributed by atoms with Crippen LogP contribution in [0.4, 0.5) is 11.4 Å². The van der Waals surface area contributed by atoms with E-state index in [0.717, 1.165) is 6.20 Å². The second-order valence-corrected chi connectivity index (χ2v) is 6.99. The van der Waals surface area contributed by atoms with E-state index in [0.29, 0.717) is 16.9 Å². The van der Waals surface area contributed by atoms with Gasteiger partial charge in [-0.05, 0) is 55.5 Å². The number of anilines is 2. The number of hydrogen-bond acceptors (Lipinski definition) is 7. The zero-order valence-corrected chi connectivity index (χ0v) is 16.1. The Balaban J connectivity index is 2.04. The summed E-state index contributed by atoms with van der Waals surface area (Å²) in [5.74, 6) is -1.16. The normalized spacial score (nSPS) is 11.3. The molecular formula is C19H17N3O6S. The summed E-state index contributed by atoms with van der Waals surface area (Å²) in [5, 5.41) is 14.4. The summed E-state index contributed by atoms with van der Waals surface area (Å²) in [6.45, 7) is 1.94. The number of rotatable bonds is 7. The maximum atomic E-state index is 12.2. The smallest absolute Gasteiger partial charge is 0.338 e. The number of amides is 1. The van der Waals surface area contributed by atoms with Crippen LogP contribution in [0.25, 0.3) is 0 Å². The number of esters is 1. The Morgan fingerprint density at radius 3 is 2.21 bits per heavy atom. The zero-order valence-electron chi connectivity index (χ0n) is 15.2. The first-order valence-corrected chi connectivity index (χ1v) is 9.71. The van der Waals surface area contributed by atoms with Gasteiger partial charge in [0.2, 0.25) is 0 Å². The van der Waals surface area contributed by atoms with E-state index in [2.05, 4.69) is 10.6 Å². The fourth-order valence-corrected chi connectivity index (χ4v) is 2.61. The van der Waals surface area contributed by atoms with Gasteiger partial charge in [-0.3, -0.25) is 9.35 Å². The van der Waals surface area contributed by atoms with Crippen molar-refractivity contribution in [3.8, 4) is 6.07 Å². The SMILES string of the molecule is CCOC(=O)c1ccc(NC(=O)/C(C#N)=C\Nc2ccc(S(=O)(=O)O)cc2)cc1. The Hall–Kier alpha value is -3.68. The molecule has 2 rings (SSSR count). The molecule has 0 aromatic heterocycles. The molecule has 0 fully saturated rings. The van der Waals surface area contributed by atoms with Crippen molar-refractivity contribution in [2.24, 2.45) is 0 Å². The maximum absolute atomic E-state index is 12.2. The van der Waals surface area contributed by atoms with Crippen LogP contribution >= 0.6 is 0 Å². The Kier molecular flexibility index (Phi) is 7.08. The largest absolute Gasteiger partial charge is 0.462 e. The topological polar surface area (TPSA) is 146 Å². The van der Waals surface area contributed by atoms with Crippen LogP contribution in [0, 0.1) is 11.3 Å². The van der Waals surface area contributed by atoms with Gasteiger partial charge in [-0.15, -0.1) is 0 Å². The number of ether oxygens (including phenoxy) is 1. The van der Waals surface area contributed by atoms with Gasteiger partial charge in [-0.25, -0.2) is 4.79 Å². The highest BCUT2D eigenvalue weighted by atomic mass is 32.2. The number of carbonyl (C=O) groups excluding carboxylic acids is 2. The van der Waals surface area contributed by atoms with E-state index in [1.165, 1.54) is 48.5 Å². The lowest BCUT2D eigenvalue weighted by Gasteiger charge is -2.07. The molecule has 150 valence electrons. The minimum Gasteiger partial charge on any atom is -0.462 e. The summed E-state index contributed by atoms with van der Waals surface area (Å²) in [6.07, 6.45) is 1.16. The van der Waals surface area contributed by atoms with Crippen LogP contribution in [0.3, 0.4) is 0 Å². The molecule has 1 amide bonds. The van der Waals surface area contributed by atoms with Gasteiger partial charge >= 0.3 is 5.97 Å². The van der Waals surface area contributed by atoms with Crippen LogP contribution in [0.15, 0.2) is 65.2 Å². The van der Waals surface area contributed by atoms with Crippen molar-refractivity contribution in [3.63, 3.8) is 0 Å². The van der Waals surface area contributed by atoms with E-state index in [1.807, 2.05) is 0 Å². The summed E-state index contributed by atoms with van der Waals surface area (Å²) >= 11 is 0. The van der Waals surface area contributed by atoms with Crippen molar-refractivity contribution in [3.05, 3.63) is 65.9 Å². The number of nitriles is 1. The quantitative estimate of drug-likeness (QED) is 0.271. The third-order valence-corrected chi connectivity index (χ3v) is 4.42. The van der Waals surface area contributed by atoms with Gasteiger partial charge in [0.25, 0.3) is 16.0 Å². The van der Waals surface area contributed by atoms with Crippen LogP contribution in [-0.4, -0.2) is 31.5 Å². The second-order valence-electron chi connectivity index (χ2n) is 5.57. The average molecular weight is 415 g/mol. The fraction of sp³-hybridized carbons (Fsp3) is 0.105. The molecule has 29 heavy (non-hydrogen) atoms. The monoisotopic (exact) mass is 415 g/mol. The molecule has 0 unspecified atom stereocenters. The van der Waals surface area contributed by atoms with Crippen molar-refractivity contribution >= 4 is 33.4 Å². The Labute approximate surface area is 167 Å². The molecular weight excluding hydrogens is 398 g/mol. The number of benzene rings is 2. The van der Waals surface area contributed by atoms with Gasteiger partial charge in [0.05, 0.1) is 17.1 Å². The minimum atomic E-state index is -4.30. The van der Waals surface area contributed by atoms with Gasteiger partial charge in [0.15, 0.2) is 0 Å². The molecule has 0 radical (unpaired) electrons. The van der Waals surface area contributed by atoms with Crippen LogP contribution in [0.1, 0.15) is 17.3 Å². The number of nitrogens with one attached hydrogen (secondary N) is 2. The van der Waals surface area contributed by atoms with Gasteiger partial charge in [-0.1, -0.05) is 0 Å². The first kappa shape index (κ1) is 21.6. The van der Waals surface area contributed by atoms with E-state index in [-0.39, 0.29) is 17.1 Å². The maximum Gasteiger partial charge on any atom is 0.338 e. The van der Waals surface area contributed by atoms with Crippen LogP contribution in [0.2, 0.25) is 0 Å². The fourth-order valence-electron chi connectivity index (χ4n) is 2.13. The van der Waals surface area contributed by atoms with Crippen molar-refractivity contribution in [1.29, 1.82) is 5.26 Å². The number of carbonyl (C=O) groups is 2. The predicted molar refractivity (Wildman–Crippen MR) is 105 cm³/mol. The van der Waals surface area contributed by atoms with E-state index in [4.69, 9.17) is 9.29 Å². The number of hydrogen-bond donors (Lipinski definition) is 3. The summed E-state index contributed by atoms with van der Waals surface area (Å²) in [6, 6.07) is 12.8. The molecule has 2 aromatic rings. The van der Waals surface area contributed by atoms with Gasteiger partial charge < -0.3 is 15.4 Å². The average Bonchev–Trinajstić information content (AvgIpc) is 2.69. The van der Waals surface area contributed by atoms with Gasteiger partial charge in [0, 0.05) is 17.6 Å². The molecule has 0 atom stereocenters. The lowest BCUT2D eigenvalue weighted by Crippen LogP contribution is -2.14. The molecule has 0 bridgehead atoms. The molecule has 9 nitrogen and oxygen atoms in total. The van der Waals surface area contributed by atoms with E-state index < -0.39 is 22.0 Å². The van der Waals surface area contributed by atoms with Crippen molar-refractivity contribution in [2.45, 2.75) is 11.8 Å². The number of nitrogens with zero attached hydrogens (tertiary/aromatic N) is 1. The summed E-state index contributed by atoms with van der Waals surface area (Å²) < 4.78 is 35.8. The highest BCUT2D eigenvalue weighted by Gasteiger charge is 2.12. The molecule has 0 spiro atoms. The molecule has 0 saturated heterocycles. The van der Waals surface area contributed by atoms with Gasteiger partial charge in [0.1, 0.15) is 11.6 Å². The lowest BCUT2D eigenvalue weighted by atomic mass is 10.2. The third-order valence-electron chi connectivity index (χ3n) is 3.55. The first-order chi connectivity index (χ1) is 13.7. The molecule has 0 aliphatic rings. The zero-order chi connectivity index (χ0) is 21.4. The van der Waals surface area contributed by atoms with Crippen molar-refractivity contribution in [1.82, 2.24) is 0 Å². The Bertz CT molecular complexity index is 1070. The standard InChI is InChI=1S/C19H17N3O6S/c1-2-28-19(24)13-3-5-16(6-4-13)22-18(23)14(11-20)12-21-15-7-9-17(10-8-15)29(25,26)27/h3-10,12,21H,2H2,1H3,(H,22,23)(H,25,26,27)/b14-12-. The Morgan fingerprint density at radius 1 is 1.10 bits per heavy atom. The van der Waals surface area contributed by atoms with Crippen molar-refractivity contribution < 1.29 is 27.3 Å². The summed E-state index contributed by atoms with van der Waals surface area (Å²) in [4.78, 5) is 23.6. The van der Waals surface area contributed by atoms with E-state index in [1.54, 1.807) is 13.0 Å². The van der Waals surface area contributed by atoms with E-state index in [9.17, 15) is 23.3 Å². The molecule has 0 aliphatic heterocycles. The molecule has 0 saturated carbocycles. The van der Waals surface area contributed by atoms with Crippen molar-refractivity contribution in [2.75, 3.05) is 17.2 Å². The van der Waals surface area contributed by atoms with Crippen LogP contribution < -0.4 is 10.6 Å². The molecule has 2 aromatic carbocycles. The second kappa shape index (κ2) is 9.50. The van der Waals surface area contributed by atoms with E-state index >= 15 is 0 Å². The summed E-state index contributed by atoms with van der Waals surface area (Å²) in [7, 11) is -4.30. The van der Waals surface area contributed by atoms with Crippen LogP contribution in [0.5, 0.6) is 0 Å². The molecule has 3 N–H and O–H groups in total. The molecule has 0 aliphatic carbocycles. The molecule has 10 heteroatoms. The predicted octanol–water partition coefficient (Wildman–Crippen LogP) is 2.57. The van der Waals surface area contributed by atoms with Crippen LogP contribution in [-0.2, 0) is 19.6 Å². The lowest BCUT2D eigenvalue weighted by molar-refractivity contribution is -0.112. The van der Waals surface area contributed by atoms with Gasteiger partial charge in [-0.2, -0.15) is 13.7 Å². The highest BCUT2D eigenvalue weighted by molar-refractivity contribution is 7.85. The highest BCUT2D eigenvalue weighted by Crippen LogP contribution is 2.15. The first-order valence-electron chi connectivity index (χ1n) is 8.27. The minimum absolute atomic E-state index is 0.238. The Morgan fingerprint density at radius 2 is 1.69 bits per heavy atom. The summed E-state index contributed by atoms with van der Waals surface area (Å²) in [5.41, 5.74) is 0.868.